The van der Waals surface area contributed by atoms with Gasteiger partial charge in [-0.3, -0.25) is 14.3 Å². The second kappa shape index (κ2) is 7.96. The molecule has 0 bridgehead atoms. The quantitative estimate of drug-likeness (QED) is 0.307. The first-order chi connectivity index (χ1) is 14.8. The van der Waals surface area contributed by atoms with Crippen LogP contribution in [0.15, 0.2) is 99.7 Å². The van der Waals surface area contributed by atoms with E-state index in [1.165, 1.54) is 11.8 Å². The molecule has 0 aliphatic rings. The second-order valence-corrected chi connectivity index (χ2v) is 7.54. The van der Waals surface area contributed by atoms with Crippen LogP contribution in [0.3, 0.4) is 0 Å². The van der Waals surface area contributed by atoms with E-state index in [4.69, 9.17) is 9.51 Å². The van der Waals surface area contributed by atoms with Gasteiger partial charge in [0.1, 0.15) is 0 Å². The molecule has 2 aromatic carbocycles. The Morgan fingerprint density at radius 2 is 1.80 bits per heavy atom. The average Bonchev–Trinajstić information content (AvgIpc) is 3.28. The molecular weight excluding hydrogens is 396 g/mol. The van der Waals surface area contributed by atoms with Crippen LogP contribution in [0, 0.1) is 0 Å². The molecule has 5 rings (SSSR count). The number of hydrogen-bond acceptors (Lipinski definition) is 6. The van der Waals surface area contributed by atoms with Gasteiger partial charge < -0.3 is 4.52 Å². The standard InChI is InChI=1S/C23H16N4O2S/c28-22-19-10-4-5-11-20(19)25-23(27(22)18-9-6-12-24-14-18)30-15-17-13-21(29-26-17)16-7-2-1-3-8-16/h1-14H,15H2. The van der Waals surface area contributed by atoms with Crippen molar-refractivity contribution in [2.75, 3.05) is 0 Å². The predicted molar refractivity (Wildman–Crippen MR) is 117 cm³/mol. The molecule has 0 spiro atoms. The zero-order chi connectivity index (χ0) is 20.3. The van der Waals surface area contributed by atoms with E-state index in [2.05, 4.69) is 10.1 Å². The highest BCUT2D eigenvalue weighted by Gasteiger charge is 2.15. The molecule has 0 saturated heterocycles. The maximum Gasteiger partial charge on any atom is 0.266 e. The molecule has 0 unspecified atom stereocenters. The second-order valence-electron chi connectivity index (χ2n) is 6.60. The Bertz CT molecular complexity index is 1360. The molecule has 6 nitrogen and oxygen atoms in total. The summed E-state index contributed by atoms with van der Waals surface area (Å²) in [5.74, 6) is 1.23. The Balaban J connectivity index is 1.51. The van der Waals surface area contributed by atoms with Crippen LogP contribution in [0.5, 0.6) is 0 Å². The van der Waals surface area contributed by atoms with E-state index >= 15 is 0 Å². The molecular formula is C23H16N4O2S. The zero-order valence-electron chi connectivity index (χ0n) is 15.8. The summed E-state index contributed by atoms with van der Waals surface area (Å²) >= 11 is 1.43. The Kier molecular flexibility index (Phi) is 4.86. The first-order valence-corrected chi connectivity index (χ1v) is 10.3. The van der Waals surface area contributed by atoms with Crippen LogP contribution in [-0.4, -0.2) is 19.7 Å². The van der Waals surface area contributed by atoms with E-state index in [1.54, 1.807) is 29.1 Å². The molecule has 0 fully saturated rings. The number of rotatable bonds is 5. The lowest BCUT2D eigenvalue weighted by Gasteiger charge is -2.12. The van der Waals surface area contributed by atoms with Crippen LogP contribution >= 0.6 is 11.8 Å². The first-order valence-electron chi connectivity index (χ1n) is 9.35. The van der Waals surface area contributed by atoms with E-state index in [-0.39, 0.29) is 5.56 Å². The third-order valence-corrected chi connectivity index (χ3v) is 5.59. The van der Waals surface area contributed by atoms with Gasteiger partial charge in [-0.1, -0.05) is 59.4 Å². The number of pyridine rings is 1. The maximum absolute atomic E-state index is 13.2. The minimum atomic E-state index is -0.124. The van der Waals surface area contributed by atoms with Crippen molar-refractivity contribution >= 4 is 22.7 Å². The maximum atomic E-state index is 13.2. The summed E-state index contributed by atoms with van der Waals surface area (Å²) in [4.78, 5) is 22.1. The number of aromatic nitrogens is 4. The summed E-state index contributed by atoms with van der Waals surface area (Å²) in [7, 11) is 0. The molecule has 0 radical (unpaired) electrons. The molecule has 0 atom stereocenters. The van der Waals surface area contributed by atoms with Gasteiger partial charge in [-0.25, -0.2) is 4.98 Å². The van der Waals surface area contributed by atoms with Crippen molar-refractivity contribution < 1.29 is 4.52 Å². The molecule has 146 valence electrons. The van der Waals surface area contributed by atoms with Crippen molar-refractivity contribution in [3.8, 4) is 17.0 Å². The number of benzene rings is 2. The number of hydrogen-bond donors (Lipinski definition) is 0. The monoisotopic (exact) mass is 412 g/mol. The van der Waals surface area contributed by atoms with Gasteiger partial charge in [0.05, 0.1) is 28.5 Å². The first kappa shape index (κ1) is 18.3. The highest BCUT2D eigenvalue weighted by Crippen LogP contribution is 2.26. The van der Waals surface area contributed by atoms with Crippen LogP contribution in [-0.2, 0) is 5.75 Å². The van der Waals surface area contributed by atoms with Crippen LogP contribution in [0.1, 0.15) is 5.69 Å². The fourth-order valence-corrected chi connectivity index (χ4v) is 4.07. The normalized spacial score (nSPS) is 11.1. The van der Waals surface area contributed by atoms with Gasteiger partial charge in [-0.2, -0.15) is 0 Å². The van der Waals surface area contributed by atoms with Crippen molar-refractivity contribution in [2.45, 2.75) is 10.9 Å². The van der Waals surface area contributed by atoms with Gasteiger partial charge in [0.15, 0.2) is 10.9 Å². The summed E-state index contributed by atoms with van der Waals surface area (Å²) in [6.45, 7) is 0. The molecule has 3 heterocycles. The van der Waals surface area contributed by atoms with E-state index in [1.807, 2.05) is 60.7 Å². The average molecular weight is 412 g/mol. The van der Waals surface area contributed by atoms with Gasteiger partial charge in [-0.15, -0.1) is 0 Å². The summed E-state index contributed by atoms with van der Waals surface area (Å²) in [5.41, 5.74) is 2.96. The van der Waals surface area contributed by atoms with Gasteiger partial charge in [-0.05, 0) is 24.3 Å². The van der Waals surface area contributed by atoms with Crippen molar-refractivity contribution in [2.24, 2.45) is 0 Å². The third-order valence-electron chi connectivity index (χ3n) is 4.62. The lowest BCUT2D eigenvalue weighted by molar-refractivity contribution is 0.426. The van der Waals surface area contributed by atoms with Crippen molar-refractivity contribution in [3.05, 3.63) is 101 Å². The highest BCUT2D eigenvalue weighted by atomic mass is 32.2. The van der Waals surface area contributed by atoms with Crippen molar-refractivity contribution in [1.29, 1.82) is 0 Å². The Morgan fingerprint density at radius 1 is 0.967 bits per heavy atom. The predicted octanol–water partition coefficient (Wildman–Crippen LogP) is 4.73. The fourth-order valence-electron chi connectivity index (χ4n) is 3.18. The van der Waals surface area contributed by atoms with Gasteiger partial charge in [0.25, 0.3) is 5.56 Å². The minimum Gasteiger partial charge on any atom is -0.356 e. The minimum absolute atomic E-state index is 0.124. The summed E-state index contributed by atoms with van der Waals surface area (Å²) < 4.78 is 7.08. The Morgan fingerprint density at radius 3 is 2.63 bits per heavy atom. The Hall–Kier alpha value is -3.71. The fraction of sp³-hybridized carbons (Fsp3) is 0.0435. The van der Waals surface area contributed by atoms with E-state index in [9.17, 15) is 4.79 Å². The van der Waals surface area contributed by atoms with Gasteiger partial charge in [0.2, 0.25) is 0 Å². The Labute approximate surface area is 176 Å². The van der Waals surface area contributed by atoms with E-state index in [0.29, 0.717) is 33.3 Å². The van der Waals surface area contributed by atoms with Crippen molar-refractivity contribution in [1.82, 2.24) is 19.7 Å². The summed E-state index contributed by atoms with van der Waals surface area (Å²) in [5, 5.41) is 5.32. The van der Waals surface area contributed by atoms with Gasteiger partial charge >= 0.3 is 0 Å². The van der Waals surface area contributed by atoms with Crippen LogP contribution in [0.4, 0.5) is 0 Å². The van der Waals surface area contributed by atoms with E-state index < -0.39 is 0 Å². The SMILES string of the molecule is O=c1c2ccccc2nc(SCc2cc(-c3ccccc3)on2)n1-c1cccnc1. The molecule has 0 saturated carbocycles. The lowest BCUT2D eigenvalue weighted by atomic mass is 10.2. The molecule has 0 aliphatic heterocycles. The smallest absolute Gasteiger partial charge is 0.266 e. The lowest BCUT2D eigenvalue weighted by Crippen LogP contribution is -2.21. The number of thioether (sulfide) groups is 1. The molecule has 5 aromatic rings. The number of para-hydroxylation sites is 1. The van der Waals surface area contributed by atoms with Crippen molar-refractivity contribution in [3.63, 3.8) is 0 Å². The number of fused-ring (bicyclic) bond motifs is 1. The summed E-state index contributed by atoms with van der Waals surface area (Å²) in [6, 6.07) is 22.7. The van der Waals surface area contributed by atoms with Gasteiger partial charge in [0, 0.05) is 23.6 Å². The van der Waals surface area contributed by atoms with Crippen LogP contribution < -0.4 is 5.56 Å². The molecule has 7 heteroatoms. The summed E-state index contributed by atoms with van der Waals surface area (Å²) in [6.07, 6.45) is 3.34. The van der Waals surface area contributed by atoms with E-state index in [0.717, 1.165) is 11.3 Å². The largest absolute Gasteiger partial charge is 0.356 e. The molecule has 3 aromatic heterocycles. The zero-order valence-corrected chi connectivity index (χ0v) is 16.6. The topological polar surface area (TPSA) is 73.8 Å². The number of nitrogens with zero attached hydrogens (tertiary/aromatic N) is 4. The molecule has 30 heavy (non-hydrogen) atoms. The molecule has 0 N–H and O–H groups in total. The third kappa shape index (κ3) is 3.51. The van der Waals surface area contributed by atoms with Crippen LogP contribution in [0.25, 0.3) is 27.9 Å². The highest BCUT2D eigenvalue weighted by molar-refractivity contribution is 7.98. The van der Waals surface area contributed by atoms with Crippen LogP contribution in [0.2, 0.25) is 0 Å². The molecule has 0 amide bonds. The molecule has 0 aliphatic carbocycles.